The maximum atomic E-state index is 12.7. The summed E-state index contributed by atoms with van der Waals surface area (Å²) in [4.78, 5) is -0.751. The van der Waals surface area contributed by atoms with Gasteiger partial charge < -0.3 is 10.1 Å². The highest BCUT2D eigenvalue weighted by atomic mass is 32.2. The minimum absolute atomic E-state index is 0.0382. The summed E-state index contributed by atoms with van der Waals surface area (Å²) in [7, 11) is -3.85. The summed E-state index contributed by atoms with van der Waals surface area (Å²) in [6.45, 7) is 0. The lowest BCUT2D eigenvalue weighted by atomic mass is 10.2. The van der Waals surface area contributed by atoms with Gasteiger partial charge in [-0.2, -0.15) is 13.2 Å². The van der Waals surface area contributed by atoms with Crippen LogP contribution in [-0.2, 0) is 14.6 Å². The quantitative estimate of drug-likeness (QED) is 0.925. The molecule has 1 aliphatic carbocycles. The molecule has 2 rings (SSSR count). The Morgan fingerprint density at radius 2 is 1.90 bits per heavy atom. The van der Waals surface area contributed by atoms with Gasteiger partial charge in [0.15, 0.2) is 0 Å². The molecule has 2 atom stereocenters. The Balaban J connectivity index is 2.34. The number of halogens is 3. The summed E-state index contributed by atoms with van der Waals surface area (Å²) in [6, 6.07) is 4.87. The van der Waals surface area contributed by atoms with Crippen molar-refractivity contribution in [2.75, 3.05) is 12.4 Å². The second-order valence-corrected chi connectivity index (χ2v) is 6.81. The molecule has 1 aliphatic rings. The number of rotatable bonds is 4. The third kappa shape index (κ3) is 3.16. The highest BCUT2D eigenvalue weighted by molar-refractivity contribution is 7.92. The molecule has 1 saturated carbocycles. The van der Waals surface area contributed by atoms with Gasteiger partial charge in [0.25, 0.3) is 9.84 Å². The van der Waals surface area contributed by atoms with Gasteiger partial charge in [-0.1, -0.05) is 12.1 Å². The van der Waals surface area contributed by atoms with Crippen LogP contribution < -0.4 is 5.32 Å². The summed E-state index contributed by atoms with van der Waals surface area (Å²) in [6.07, 6.45) is 2.26. The molecule has 2 unspecified atom stereocenters. The lowest BCUT2D eigenvalue weighted by Crippen LogP contribution is -2.31. The van der Waals surface area contributed by atoms with E-state index < -0.39 is 20.2 Å². The Hall–Kier alpha value is -1.28. The minimum atomic E-state index is -5.38. The topological polar surface area (TPSA) is 55.4 Å². The standard InChI is InChI=1S/C13H16F3NO3S/c1-20-11-7-4-6-9(11)17-10-5-2-3-8-12(10)21(18,19)13(14,15)16/h2-3,5,8-9,11,17H,4,6-7H2,1H3. The average molecular weight is 323 g/mol. The van der Waals surface area contributed by atoms with Gasteiger partial charge in [-0.25, -0.2) is 8.42 Å². The molecule has 21 heavy (non-hydrogen) atoms. The fourth-order valence-electron chi connectivity index (χ4n) is 2.52. The molecular weight excluding hydrogens is 307 g/mol. The SMILES string of the molecule is COC1CCCC1Nc1ccccc1S(=O)(=O)C(F)(F)F. The number of sulfone groups is 1. The lowest BCUT2D eigenvalue weighted by Gasteiger charge is -2.22. The first-order chi connectivity index (χ1) is 9.77. The van der Waals surface area contributed by atoms with E-state index in [1.807, 2.05) is 0 Å². The van der Waals surface area contributed by atoms with Crippen molar-refractivity contribution in [2.45, 2.75) is 41.8 Å². The highest BCUT2D eigenvalue weighted by Crippen LogP contribution is 2.35. The summed E-state index contributed by atoms with van der Waals surface area (Å²) in [5, 5.41) is 2.88. The highest BCUT2D eigenvalue weighted by Gasteiger charge is 2.48. The number of ether oxygens (including phenoxy) is 1. The summed E-state index contributed by atoms with van der Waals surface area (Å²) >= 11 is 0. The molecule has 4 nitrogen and oxygen atoms in total. The van der Waals surface area contributed by atoms with Crippen LogP contribution >= 0.6 is 0 Å². The Morgan fingerprint density at radius 3 is 2.52 bits per heavy atom. The van der Waals surface area contributed by atoms with Gasteiger partial charge >= 0.3 is 5.51 Å². The van der Waals surface area contributed by atoms with Crippen LogP contribution in [0.4, 0.5) is 18.9 Å². The van der Waals surface area contributed by atoms with Crippen LogP contribution in [0.25, 0.3) is 0 Å². The Kier molecular flexibility index (Phi) is 4.48. The van der Waals surface area contributed by atoms with Gasteiger partial charge in [0, 0.05) is 7.11 Å². The summed E-state index contributed by atoms with van der Waals surface area (Å²) < 4.78 is 66.6. The maximum absolute atomic E-state index is 12.7. The Bertz CT molecular complexity index is 601. The monoisotopic (exact) mass is 323 g/mol. The Labute approximate surface area is 121 Å². The fourth-order valence-corrected chi connectivity index (χ4v) is 3.44. The molecule has 1 N–H and O–H groups in total. The number of anilines is 1. The van der Waals surface area contributed by atoms with Crippen LogP contribution in [0.3, 0.4) is 0 Å². The van der Waals surface area contributed by atoms with E-state index >= 15 is 0 Å². The second kappa shape index (κ2) is 5.84. The zero-order valence-electron chi connectivity index (χ0n) is 11.4. The van der Waals surface area contributed by atoms with Gasteiger partial charge in [-0.15, -0.1) is 0 Å². The normalized spacial score (nSPS) is 23.2. The average Bonchev–Trinajstić information content (AvgIpc) is 2.85. The second-order valence-electron chi connectivity index (χ2n) is 4.90. The van der Waals surface area contributed by atoms with E-state index in [4.69, 9.17) is 4.74 Å². The largest absolute Gasteiger partial charge is 0.501 e. The first kappa shape index (κ1) is 16.1. The van der Waals surface area contributed by atoms with E-state index in [0.717, 1.165) is 25.3 Å². The van der Waals surface area contributed by atoms with E-state index in [1.165, 1.54) is 25.3 Å². The van der Waals surface area contributed by atoms with Crippen molar-refractivity contribution in [3.05, 3.63) is 24.3 Å². The number of hydrogen-bond acceptors (Lipinski definition) is 4. The van der Waals surface area contributed by atoms with Gasteiger partial charge in [0.2, 0.25) is 0 Å². The molecule has 0 radical (unpaired) electrons. The molecular formula is C13H16F3NO3S. The zero-order valence-corrected chi connectivity index (χ0v) is 12.2. The number of para-hydroxylation sites is 1. The van der Waals surface area contributed by atoms with Crippen LogP contribution in [0.2, 0.25) is 0 Å². The number of alkyl halides is 3. The molecule has 1 aromatic rings. The molecule has 0 amide bonds. The lowest BCUT2D eigenvalue weighted by molar-refractivity contribution is -0.0435. The van der Waals surface area contributed by atoms with E-state index in [0.29, 0.717) is 0 Å². The van der Waals surface area contributed by atoms with Crippen molar-refractivity contribution < 1.29 is 26.3 Å². The zero-order chi connectivity index (χ0) is 15.7. The number of hydrogen-bond donors (Lipinski definition) is 1. The van der Waals surface area contributed by atoms with Gasteiger partial charge in [-0.05, 0) is 31.4 Å². The molecule has 0 spiro atoms. The molecule has 0 saturated heterocycles. The van der Waals surface area contributed by atoms with Crippen LogP contribution in [-0.4, -0.2) is 33.2 Å². The molecule has 118 valence electrons. The number of methoxy groups -OCH3 is 1. The third-order valence-electron chi connectivity index (χ3n) is 3.58. The number of nitrogens with one attached hydrogen (secondary N) is 1. The first-order valence-electron chi connectivity index (χ1n) is 6.47. The smallest absolute Gasteiger partial charge is 0.379 e. The maximum Gasteiger partial charge on any atom is 0.501 e. The van der Waals surface area contributed by atoms with Crippen molar-refractivity contribution in [3.63, 3.8) is 0 Å². The molecule has 0 heterocycles. The van der Waals surface area contributed by atoms with Crippen molar-refractivity contribution in [3.8, 4) is 0 Å². The van der Waals surface area contributed by atoms with Crippen molar-refractivity contribution in [2.24, 2.45) is 0 Å². The first-order valence-corrected chi connectivity index (χ1v) is 7.95. The summed E-state index contributed by atoms with van der Waals surface area (Å²) in [5.74, 6) is 0. The molecule has 8 heteroatoms. The molecule has 1 fully saturated rings. The van der Waals surface area contributed by atoms with E-state index in [9.17, 15) is 21.6 Å². The molecule has 1 aromatic carbocycles. The third-order valence-corrected chi connectivity index (χ3v) is 5.12. The van der Waals surface area contributed by atoms with E-state index in [-0.39, 0.29) is 17.8 Å². The Morgan fingerprint density at radius 1 is 1.24 bits per heavy atom. The molecule has 0 aliphatic heterocycles. The predicted molar refractivity (Wildman–Crippen MR) is 71.7 cm³/mol. The van der Waals surface area contributed by atoms with Crippen molar-refractivity contribution in [1.82, 2.24) is 0 Å². The van der Waals surface area contributed by atoms with E-state index in [1.54, 1.807) is 0 Å². The summed E-state index contributed by atoms with van der Waals surface area (Å²) in [5.41, 5.74) is -5.36. The molecule has 0 bridgehead atoms. The van der Waals surface area contributed by atoms with Crippen molar-refractivity contribution in [1.29, 1.82) is 0 Å². The molecule has 0 aromatic heterocycles. The predicted octanol–water partition coefficient (Wildman–Crippen LogP) is 2.96. The van der Waals surface area contributed by atoms with Gasteiger partial charge in [-0.3, -0.25) is 0 Å². The van der Waals surface area contributed by atoms with Crippen LogP contribution in [0.5, 0.6) is 0 Å². The van der Waals surface area contributed by atoms with Gasteiger partial charge in [0.1, 0.15) is 0 Å². The van der Waals surface area contributed by atoms with Crippen LogP contribution in [0.15, 0.2) is 29.2 Å². The fraction of sp³-hybridized carbons (Fsp3) is 0.538. The van der Waals surface area contributed by atoms with E-state index in [2.05, 4.69) is 5.32 Å². The van der Waals surface area contributed by atoms with Crippen LogP contribution in [0.1, 0.15) is 19.3 Å². The van der Waals surface area contributed by atoms with Gasteiger partial charge in [0.05, 0.1) is 22.7 Å². The number of benzene rings is 1. The van der Waals surface area contributed by atoms with Crippen LogP contribution in [0, 0.1) is 0 Å². The van der Waals surface area contributed by atoms with Crippen molar-refractivity contribution >= 4 is 15.5 Å². The minimum Gasteiger partial charge on any atom is -0.379 e.